The summed E-state index contributed by atoms with van der Waals surface area (Å²) < 4.78 is 11.3. The third-order valence-corrected chi connectivity index (χ3v) is 5.93. The molecule has 6 heteroatoms. The van der Waals surface area contributed by atoms with Crippen LogP contribution in [0.4, 0.5) is 0 Å². The summed E-state index contributed by atoms with van der Waals surface area (Å²) in [6.45, 7) is 14.7. The molecule has 7 atom stereocenters. The van der Waals surface area contributed by atoms with Gasteiger partial charge in [0, 0.05) is 13.0 Å². The molecule has 0 saturated carbocycles. The van der Waals surface area contributed by atoms with Gasteiger partial charge in [-0.1, -0.05) is 41.5 Å². The van der Waals surface area contributed by atoms with Crippen molar-refractivity contribution in [2.24, 2.45) is 23.7 Å². The fourth-order valence-corrected chi connectivity index (χ4v) is 4.24. The van der Waals surface area contributed by atoms with Crippen LogP contribution in [-0.4, -0.2) is 53.0 Å². The van der Waals surface area contributed by atoms with Gasteiger partial charge >= 0.3 is 5.97 Å². The quantitative estimate of drug-likeness (QED) is 0.331. The minimum atomic E-state index is -1.51. The van der Waals surface area contributed by atoms with Gasteiger partial charge in [-0.3, -0.25) is 4.79 Å². The largest absolute Gasteiger partial charge is 0.459 e. The number of aliphatic hydroxyl groups excluding tert-OH is 1. The van der Waals surface area contributed by atoms with E-state index < -0.39 is 23.4 Å². The maximum Gasteiger partial charge on any atom is 0.309 e. The zero-order valence-electron chi connectivity index (χ0n) is 19.9. The van der Waals surface area contributed by atoms with E-state index in [2.05, 4.69) is 6.92 Å². The first-order chi connectivity index (χ1) is 13.2. The molecule has 0 bridgehead atoms. The summed E-state index contributed by atoms with van der Waals surface area (Å²) in [5.41, 5.74) is -1.94. The van der Waals surface area contributed by atoms with Crippen LogP contribution in [0.3, 0.4) is 0 Å². The molecule has 0 aliphatic carbocycles. The molecule has 0 aliphatic rings. The lowest BCUT2D eigenvalue weighted by Crippen LogP contribution is -2.53. The topological polar surface area (TPSA) is 93.1 Å². The average Bonchev–Trinajstić information content (AvgIpc) is 2.64. The van der Waals surface area contributed by atoms with Crippen LogP contribution in [0.15, 0.2) is 0 Å². The van der Waals surface area contributed by atoms with Crippen LogP contribution in [-0.2, 0) is 19.1 Å². The van der Waals surface area contributed by atoms with Crippen LogP contribution in [0.2, 0.25) is 0 Å². The fraction of sp³-hybridized carbons (Fsp3) is 0.913. The number of ether oxygens (including phenoxy) is 2. The van der Waals surface area contributed by atoms with Gasteiger partial charge in [-0.2, -0.15) is 0 Å². The molecule has 0 amide bonds. The van der Waals surface area contributed by atoms with Gasteiger partial charge in [0.1, 0.15) is 18.0 Å². The lowest BCUT2D eigenvalue weighted by atomic mass is 9.82. The summed E-state index contributed by atoms with van der Waals surface area (Å²) in [6.07, 6.45) is 1.54. The number of hydrogen-bond donors (Lipinski definition) is 2. The number of carbonyl (C=O) groups excluding carboxylic acids is 2. The second-order valence-corrected chi connectivity index (χ2v) is 9.67. The Hall–Kier alpha value is -0.980. The van der Waals surface area contributed by atoms with Gasteiger partial charge in [-0.15, -0.1) is 0 Å². The smallest absolute Gasteiger partial charge is 0.309 e. The van der Waals surface area contributed by atoms with E-state index in [9.17, 15) is 19.8 Å². The maximum atomic E-state index is 12.7. The van der Waals surface area contributed by atoms with Crippen LogP contribution in [0.5, 0.6) is 0 Å². The van der Waals surface area contributed by atoms with E-state index >= 15 is 0 Å². The Morgan fingerprint density at radius 2 is 1.66 bits per heavy atom. The first-order valence-corrected chi connectivity index (χ1v) is 10.8. The number of carbonyl (C=O) groups is 2. The van der Waals surface area contributed by atoms with Gasteiger partial charge in [0.05, 0.1) is 17.6 Å². The minimum Gasteiger partial charge on any atom is -0.459 e. The highest BCUT2D eigenvalue weighted by molar-refractivity contribution is 5.72. The Kier molecular flexibility index (Phi) is 11.6. The first kappa shape index (κ1) is 28.0. The summed E-state index contributed by atoms with van der Waals surface area (Å²) in [7, 11) is 1.65. The maximum absolute atomic E-state index is 12.7. The van der Waals surface area contributed by atoms with Crippen LogP contribution in [0.1, 0.15) is 81.1 Å². The monoisotopic (exact) mass is 416 g/mol. The molecule has 0 fully saturated rings. The van der Waals surface area contributed by atoms with Gasteiger partial charge in [-0.25, -0.2) is 0 Å². The molecule has 29 heavy (non-hydrogen) atoms. The average molecular weight is 417 g/mol. The van der Waals surface area contributed by atoms with E-state index in [4.69, 9.17) is 9.47 Å². The molecule has 2 unspecified atom stereocenters. The molecule has 172 valence electrons. The summed E-state index contributed by atoms with van der Waals surface area (Å²) >= 11 is 0. The van der Waals surface area contributed by atoms with Gasteiger partial charge in [0.25, 0.3) is 0 Å². The van der Waals surface area contributed by atoms with E-state index in [0.29, 0.717) is 19.3 Å². The number of rotatable bonds is 14. The highest BCUT2D eigenvalue weighted by Gasteiger charge is 2.42. The third-order valence-electron chi connectivity index (χ3n) is 5.93. The van der Waals surface area contributed by atoms with Gasteiger partial charge < -0.3 is 24.5 Å². The minimum absolute atomic E-state index is 0.0885. The van der Waals surface area contributed by atoms with Gasteiger partial charge in [0.2, 0.25) is 0 Å². The molecule has 0 aliphatic heterocycles. The summed E-state index contributed by atoms with van der Waals surface area (Å²) in [5.74, 6) is -0.788. The molecule has 0 spiro atoms. The molecule has 0 radical (unpaired) electrons. The predicted molar refractivity (Wildman–Crippen MR) is 114 cm³/mol. The van der Waals surface area contributed by atoms with Crippen LogP contribution in [0, 0.1) is 23.7 Å². The van der Waals surface area contributed by atoms with E-state index in [1.165, 1.54) is 6.92 Å². The summed E-state index contributed by atoms with van der Waals surface area (Å²) in [5, 5.41) is 21.1. The Morgan fingerprint density at radius 3 is 2.07 bits per heavy atom. The van der Waals surface area contributed by atoms with Crippen molar-refractivity contribution in [1.29, 1.82) is 0 Å². The Morgan fingerprint density at radius 1 is 1.10 bits per heavy atom. The van der Waals surface area contributed by atoms with E-state index in [1.54, 1.807) is 7.11 Å². The van der Waals surface area contributed by atoms with Gasteiger partial charge in [0.15, 0.2) is 0 Å². The second kappa shape index (κ2) is 12.0. The molecular weight excluding hydrogens is 372 g/mol. The highest BCUT2D eigenvalue weighted by Crippen LogP contribution is 2.31. The van der Waals surface area contributed by atoms with E-state index in [-0.39, 0.29) is 29.6 Å². The van der Waals surface area contributed by atoms with Crippen molar-refractivity contribution in [3.8, 4) is 0 Å². The molecule has 0 rings (SSSR count). The number of esters is 1. The molecule has 2 N–H and O–H groups in total. The normalized spacial score (nSPS) is 21.4. The zero-order chi connectivity index (χ0) is 23.0. The second-order valence-electron chi connectivity index (χ2n) is 9.67. The summed E-state index contributed by atoms with van der Waals surface area (Å²) in [4.78, 5) is 23.7. The SMILES string of the molecule is CC[C@@H](OC(=O)C(C)C[C@H](C)CC(C)(C[C@@H](C)C=O)OC)[C@@](C)(O)[C@H](O)C(C)C. The van der Waals surface area contributed by atoms with E-state index in [0.717, 1.165) is 12.7 Å². The number of methoxy groups -OCH3 is 1. The molecular formula is C23H44O6. The van der Waals surface area contributed by atoms with Crippen LogP contribution >= 0.6 is 0 Å². The van der Waals surface area contributed by atoms with Crippen molar-refractivity contribution < 1.29 is 29.3 Å². The van der Waals surface area contributed by atoms with E-state index in [1.807, 2.05) is 41.5 Å². The Balaban J connectivity index is 4.96. The van der Waals surface area contributed by atoms with Crippen molar-refractivity contribution in [3.63, 3.8) is 0 Å². The lowest BCUT2D eigenvalue weighted by molar-refractivity contribution is -0.188. The molecule has 0 aromatic heterocycles. The van der Waals surface area contributed by atoms with Crippen molar-refractivity contribution >= 4 is 12.3 Å². The molecule has 0 heterocycles. The molecule has 0 aromatic rings. The highest BCUT2D eigenvalue weighted by atomic mass is 16.6. The number of aliphatic hydroxyl groups is 2. The molecule has 0 aromatic carbocycles. The summed E-state index contributed by atoms with van der Waals surface area (Å²) in [6, 6.07) is 0. The molecule has 6 nitrogen and oxygen atoms in total. The zero-order valence-corrected chi connectivity index (χ0v) is 19.9. The standard InChI is InChI=1S/C23H44O6/c1-10-19(23(8,27)20(25)15(2)3)29-21(26)18(6)11-16(4)12-22(7,28-9)13-17(5)14-24/h14-20,25,27H,10-13H2,1-9H3/t16-,17+,18?,19+,20+,22?,23+/m0/s1. The Bertz CT molecular complexity index is 504. The Labute approximate surface area is 177 Å². The van der Waals surface area contributed by atoms with Crippen molar-refractivity contribution in [2.75, 3.05) is 7.11 Å². The lowest BCUT2D eigenvalue weighted by Gasteiger charge is -2.38. The van der Waals surface area contributed by atoms with Crippen molar-refractivity contribution in [2.45, 2.75) is 104 Å². The van der Waals surface area contributed by atoms with Crippen LogP contribution in [0.25, 0.3) is 0 Å². The number of hydrogen-bond acceptors (Lipinski definition) is 6. The van der Waals surface area contributed by atoms with Crippen LogP contribution < -0.4 is 0 Å². The van der Waals surface area contributed by atoms with Crippen molar-refractivity contribution in [3.05, 3.63) is 0 Å². The van der Waals surface area contributed by atoms with Gasteiger partial charge in [-0.05, 0) is 51.4 Å². The van der Waals surface area contributed by atoms with Crippen molar-refractivity contribution in [1.82, 2.24) is 0 Å². The third kappa shape index (κ3) is 8.73. The number of aldehydes is 1. The predicted octanol–water partition coefficient (Wildman–Crippen LogP) is 3.76. The molecule has 0 saturated heterocycles. The first-order valence-electron chi connectivity index (χ1n) is 10.8. The fourth-order valence-electron chi connectivity index (χ4n) is 4.24.